The fourth-order valence-electron chi connectivity index (χ4n) is 5.42. The molecule has 36 heavy (non-hydrogen) atoms. The summed E-state index contributed by atoms with van der Waals surface area (Å²) in [6.07, 6.45) is 6.82. The maximum atomic E-state index is 5.24. The molecule has 5 aromatic rings. The van der Waals surface area contributed by atoms with Gasteiger partial charge in [-0.3, -0.25) is 0 Å². The Morgan fingerprint density at radius 1 is 0.917 bits per heavy atom. The first-order valence-electron chi connectivity index (χ1n) is 12.7. The van der Waals surface area contributed by atoms with Crippen molar-refractivity contribution in [3.8, 4) is 16.9 Å². The highest BCUT2D eigenvalue weighted by molar-refractivity contribution is 5.97. The average molecular weight is 477 g/mol. The zero-order chi connectivity index (χ0) is 25.0. The molecule has 6 rings (SSSR count). The van der Waals surface area contributed by atoms with E-state index in [4.69, 9.17) is 15.1 Å². The largest absolute Gasteiger partial charge is 0.361 e. The third-order valence-electron chi connectivity index (χ3n) is 7.48. The minimum atomic E-state index is 0.416. The number of anilines is 1. The van der Waals surface area contributed by atoms with Crippen molar-refractivity contribution in [2.75, 3.05) is 11.4 Å². The number of hydrogen-bond acceptors (Lipinski definition) is 4. The number of para-hydroxylation sites is 1. The first-order chi connectivity index (χ1) is 17.4. The molecule has 0 saturated heterocycles. The van der Waals surface area contributed by atoms with E-state index in [-0.39, 0.29) is 0 Å². The van der Waals surface area contributed by atoms with Gasteiger partial charge in [0.2, 0.25) is 5.95 Å². The average Bonchev–Trinajstić information content (AvgIpc) is 3.50. The van der Waals surface area contributed by atoms with Gasteiger partial charge in [-0.15, -0.1) is 0 Å². The van der Waals surface area contributed by atoms with Crippen LogP contribution in [0.3, 0.4) is 0 Å². The van der Waals surface area contributed by atoms with Crippen LogP contribution in [0, 0.1) is 20.8 Å². The molecule has 0 aliphatic carbocycles. The van der Waals surface area contributed by atoms with E-state index >= 15 is 0 Å². The van der Waals surface area contributed by atoms with Crippen molar-refractivity contribution in [3.05, 3.63) is 88.5 Å². The maximum Gasteiger partial charge on any atom is 0.225 e. The Morgan fingerprint density at radius 3 is 2.39 bits per heavy atom. The maximum absolute atomic E-state index is 5.24. The number of nitrogens with one attached hydrogen (secondary N) is 1. The first kappa shape index (κ1) is 22.5. The lowest BCUT2D eigenvalue weighted by molar-refractivity contribution is 0.692. The minimum absolute atomic E-state index is 0.416. The van der Waals surface area contributed by atoms with Crippen LogP contribution in [0.1, 0.15) is 53.3 Å². The van der Waals surface area contributed by atoms with Gasteiger partial charge in [0.1, 0.15) is 0 Å². The molecule has 1 aliphatic rings. The number of hydrogen-bond donors (Lipinski definition) is 1. The van der Waals surface area contributed by atoms with Crippen LogP contribution in [0.15, 0.2) is 55.0 Å². The van der Waals surface area contributed by atoms with Crippen LogP contribution in [0.5, 0.6) is 0 Å². The van der Waals surface area contributed by atoms with E-state index in [1.165, 1.54) is 38.7 Å². The Balaban J connectivity index is 1.54. The van der Waals surface area contributed by atoms with E-state index in [2.05, 4.69) is 85.6 Å². The minimum Gasteiger partial charge on any atom is -0.361 e. The third-order valence-corrected chi connectivity index (χ3v) is 7.48. The van der Waals surface area contributed by atoms with E-state index in [0.29, 0.717) is 5.92 Å². The normalized spacial score (nSPS) is 13.6. The number of aromatic amines is 1. The van der Waals surface area contributed by atoms with Gasteiger partial charge in [0.05, 0.1) is 17.1 Å². The molecule has 4 heterocycles. The fraction of sp³-hybridized carbons (Fsp3) is 0.300. The number of rotatable bonds is 4. The van der Waals surface area contributed by atoms with Crippen LogP contribution in [-0.2, 0) is 13.0 Å². The Hall–Kier alpha value is -3.93. The molecule has 0 spiro atoms. The molecule has 0 saturated carbocycles. The molecule has 1 N–H and O–H groups in total. The van der Waals surface area contributed by atoms with Crippen LogP contribution in [0.2, 0.25) is 0 Å². The molecule has 0 amide bonds. The Kier molecular flexibility index (Phi) is 5.40. The van der Waals surface area contributed by atoms with E-state index in [1.807, 2.05) is 18.6 Å². The number of fused-ring (bicyclic) bond motifs is 2. The molecule has 0 radical (unpaired) electrons. The van der Waals surface area contributed by atoms with Crippen molar-refractivity contribution in [2.45, 2.75) is 53.5 Å². The molecule has 182 valence electrons. The third kappa shape index (κ3) is 3.60. The van der Waals surface area contributed by atoms with Crippen molar-refractivity contribution >= 4 is 16.9 Å². The van der Waals surface area contributed by atoms with Gasteiger partial charge >= 0.3 is 0 Å². The molecule has 3 aromatic heterocycles. The van der Waals surface area contributed by atoms with Crippen LogP contribution in [-0.4, -0.2) is 31.3 Å². The highest BCUT2D eigenvalue weighted by Gasteiger charge is 2.29. The van der Waals surface area contributed by atoms with Gasteiger partial charge in [0.25, 0.3) is 0 Å². The number of H-pyrrole nitrogens is 1. The Bertz CT molecular complexity index is 1550. The summed E-state index contributed by atoms with van der Waals surface area (Å²) in [5.41, 5.74) is 12.0. The molecule has 6 heteroatoms. The predicted molar refractivity (Wildman–Crippen MR) is 146 cm³/mol. The number of benzene rings is 2. The highest BCUT2D eigenvalue weighted by atomic mass is 15.3. The summed E-state index contributed by atoms with van der Waals surface area (Å²) < 4.78 is 2.19. The lowest BCUT2D eigenvalue weighted by Crippen LogP contribution is -2.31. The molecule has 0 bridgehead atoms. The van der Waals surface area contributed by atoms with Gasteiger partial charge in [-0.05, 0) is 55.0 Å². The first-order valence-corrected chi connectivity index (χ1v) is 12.7. The van der Waals surface area contributed by atoms with Crippen molar-refractivity contribution in [1.29, 1.82) is 0 Å². The quantitative estimate of drug-likeness (QED) is 0.325. The summed E-state index contributed by atoms with van der Waals surface area (Å²) in [5, 5.41) is 6.46. The van der Waals surface area contributed by atoms with Crippen LogP contribution in [0.25, 0.3) is 27.8 Å². The molecule has 2 aromatic carbocycles. The summed E-state index contributed by atoms with van der Waals surface area (Å²) in [7, 11) is 0. The molecular weight excluding hydrogens is 444 g/mol. The van der Waals surface area contributed by atoms with Crippen molar-refractivity contribution in [2.24, 2.45) is 0 Å². The van der Waals surface area contributed by atoms with Crippen molar-refractivity contribution < 1.29 is 0 Å². The van der Waals surface area contributed by atoms with E-state index < -0.39 is 0 Å². The SMILES string of the molecule is Cc1cccc(C)c1-n1nc2c(c1-c1ccc(C)c3[nH]ccc13)CN(c1ncc(C(C)C)cn1)CC2. The summed E-state index contributed by atoms with van der Waals surface area (Å²) in [5.74, 6) is 1.20. The van der Waals surface area contributed by atoms with E-state index in [1.54, 1.807) is 0 Å². The number of aromatic nitrogens is 5. The van der Waals surface area contributed by atoms with Crippen LogP contribution in [0.4, 0.5) is 5.95 Å². The molecule has 0 atom stereocenters. The lowest BCUT2D eigenvalue weighted by atomic mass is 9.97. The summed E-state index contributed by atoms with van der Waals surface area (Å²) in [4.78, 5) is 15.2. The van der Waals surface area contributed by atoms with Gasteiger partial charge in [0.15, 0.2) is 0 Å². The zero-order valence-corrected chi connectivity index (χ0v) is 21.6. The van der Waals surface area contributed by atoms with Crippen LogP contribution >= 0.6 is 0 Å². The fourth-order valence-corrected chi connectivity index (χ4v) is 5.42. The monoisotopic (exact) mass is 476 g/mol. The Morgan fingerprint density at radius 2 is 1.67 bits per heavy atom. The zero-order valence-electron chi connectivity index (χ0n) is 21.6. The number of nitrogens with zero attached hydrogens (tertiary/aromatic N) is 5. The molecule has 1 aliphatic heterocycles. The summed E-state index contributed by atoms with van der Waals surface area (Å²) in [6, 6.07) is 13.1. The lowest BCUT2D eigenvalue weighted by Gasteiger charge is -2.27. The second-order valence-corrected chi connectivity index (χ2v) is 10.3. The van der Waals surface area contributed by atoms with Crippen molar-refractivity contribution in [1.82, 2.24) is 24.7 Å². The smallest absolute Gasteiger partial charge is 0.225 e. The second-order valence-electron chi connectivity index (χ2n) is 10.3. The van der Waals surface area contributed by atoms with Gasteiger partial charge < -0.3 is 9.88 Å². The van der Waals surface area contributed by atoms with E-state index in [9.17, 15) is 0 Å². The van der Waals surface area contributed by atoms with Gasteiger partial charge in [-0.1, -0.05) is 44.2 Å². The van der Waals surface area contributed by atoms with Gasteiger partial charge in [-0.2, -0.15) is 5.10 Å². The van der Waals surface area contributed by atoms with Gasteiger partial charge in [0, 0.05) is 60.1 Å². The standard InChI is InChI=1S/C30H32N6/c1-18(2)22-15-32-30(33-16-22)35-14-12-26-25(17-35)29(24-10-9-19(3)27-23(24)11-13-31-27)36(34-26)28-20(4)7-6-8-21(28)5/h6-11,13,15-16,18,31H,12,14,17H2,1-5H3. The predicted octanol–water partition coefficient (Wildman–Crippen LogP) is 6.42. The molecule has 0 unspecified atom stereocenters. The van der Waals surface area contributed by atoms with Crippen LogP contribution < -0.4 is 4.90 Å². The molecular formula is C30H32N6. The van der Waals surface area contributed by atoms with Gasteiger partial charge in [-0.25, -0.2) is 14.6 Å². The van der Waals surface area contributed by atoms with E-state index in [0.717, 1.165) is 48.1 Å². The second kappa shape index (κ2) is 8.63. The summed E-state index contributed by atoms with van der Waals surface area (Å²) >= 11 is 0. The topological polar surface area (TPSA) is 62.6 Å². The molecule has 6 nitrogen and oxygen atoms in total. The summed E-state index contributed by atoms with van der Waals surface area (Å²) in [6.45, 7) is 12.4. The van der Waals surface area contributed by atoms with Crippen molar-refractivity contribution in [3.63, 3.8) is 0 Å². The molecule has 0 fully saturated rings. The Labute approximate surface area is 212 Å². The number of aryl methyl sites for hydroxylation is 3. The highest BCUT2D eigenvalue weighted by Crippen LogP contribution is 2.39.